The number of aryl methyl sites for hydroxylation is 2. The van der Waals surface area contributed by atoms with Crippen LogP contribution >= 0.6 is 11.3 Å². The molecule has 0 bridgehead atoms. The van der Waals surface area contributed by atoms with Crippen LogP contribution in [-0.4, -0.2) is 53.9 Å². The minimum absolute atomic E-state index is 0.000845. The highest BCUT2D eigenvalue weighted by Crippen LogP contribution is 2.30. The molecule has 1 amide bonds. The van der Waals surface area contributed by atoms with Crippen molar-refractivity contribution in [3.63, 3.8) is 0 Å². The summed E-state index contributed by atoms with van der Waals surface area (Å²) in [6.07, 6.45) is 5.07. The number of imidazole rings is 1. The molecule has 2 aliphatic heterocycles. The van der Waals surface area contributed by atoms with Crippen LogP contribution in [0.5, 0.6) is 0 Å². The number of carbonyl (C=O) groups excluding carboxylic acids is 1. The van der Waals surface area contributed by atoms with E-state index in [9.17, 15) is 13.2 Å². The summed E-state index contributed by atoms with van der Waals surface area (Å²) in [6.45, 7) is 2.64. The van der Waals surface area contributed by atoms with E-state index >= 15 is 0 Å². The summed E-state index contributed by atoms with van der Waals surface area (Å²) < 4.78 is 30.8. The molecule has 1 aromatic carbocycles. The highest BCUT2D eigenvalue weighted by Gasteiger charge is 2.25. The largest absolute Gasteiger partial charge is 0.333 e. The monoisotopic (exact) mass is 460 g/mol. The fourth-order valence-electron chi connectivity index (χ4n) is 4.09. The third-order valence-electron chi connectivity index (χ3n) is 5.87. The number of fused-ring (bicyclic) bond motifs is 2. The predicted octanol–water partition coefficient (Wildman–Crippen LogP) is 2.52. The number of rotatable bonds is 5. The lowest BCUT2D eigenvalue weighted by atomic mass is 9.96. The second kappa shape index (κ2) is 7.88. The van der Waals surface area contributed by atoms with Gasteiger partial charge in [0.1, 0.15) is 5.82 Å². The number of hydrogen-bond acceptors (Lipinski definition) is 7. The normalized spacial score (nSPS) is 17.7. The SMILES string of the molecule is CN1CCC(C(=O)Nc2nc3ccc(NS(=O)(=O)c4cn5c(n4)CCC5)cc3s2)CC1. The Morgan fingerprint density at radius 2 is 2.00 bits per heavy atom. The van der Waals surface area contributed by atoms with Gasteiger partial charge in [0, 0.05) is 25.1 Å². The number of piperidine rings is 1. The van der Waals surface area contributed by atoms with Crippen molar-refractivity contribution in [3.05, 3.63) is 30.2 Å². The Labute approximate surface area is 184 Å². The molecule has 0 saturated carbocycles. The molecule has 4 heterocycles. The first kappa shape index (κ1) is 20.4. The molecular formula is C20H24N6O3S2. The van der Waals surface area contributed by atoms with Crippen LogP contribution in [0, 0.1) is 5.92 Å². The zero-order valence-corrected chi connectivity index (χ0v) is 18.8. The summed E-state index contributed by atoms with van der Waals surface area (Å²) in [4.78, 5) is 23.5. The van der Waals surface area contributed by atoms with E-state index in [1.165, 1.54) is 11.3 Å². The molecular weight excluding hydrogens is 436 g/mol. The number of anilines is 2. The Morgan fingerprint density at radius 3 is 2.77 bits per heavy atom. The van der Waals surface area contributed by atoms with Gasteiger partial charge in [-0.05, 0) is 57.6 Å². The van der Waals surface area contributed by atoms with Crippen LogP contribution in [0.4, 0.5) is 10.8 Å². The summed E-state index contributed by atoms with van der Waals surface area (Å²) in [7, 11) is -1.70. The van der Waals surface area contributed by atoms with Gasteiger partial charge in [0.15, 0.2) is 10.2 Å². The number of benzene rings is 1. The maximum atomic E-state index is 12.7. The molecule has 0 atom stereocenters. The molecule has 2 N–H and O–H groups in total. The molecule has 1 saturated heterocycles. The molecule has 11 heteroatoms. The van der Waals surface area contributed by atoms with Crippen LogP contribution in [0.2, 0.25) is 0 Å². The highest BCUT2D eigenvalue weighted by atomic mass is 32.2. The lowest BCUT2D eigenvalue weighted by molar-refractivity contribution is -0.121. The fourth-order valence-corrected chi connectivity index (χ4v) is 6.03. The topological polar surface area (TPSA) is 109 Å². The number of thiazole rings is 1. The Hall–Kier alpha value is -2.50. The van der Waals surface area contributed by atoms with Crippen LogP contribution in [0.25, 0.3) is 10.2 Å². The lowest BCUT2D eigenvalue weighted by Crippen LogP contribution is -2.35. The minimum atomic E-state index is -3.76. The molecule has 0 unspecified atom stereocenters. The van der Waals surface area contributed by atoms with Crippen LogP contribution in [-0.2, 0) is 27.8 Å². The molecule has 31 heavy (non-hydrogen) atoms. The summed E-state index contributed by atoms with van der Waals surface area (Å²) in [6, 6.07) is 5.16. The first-order valence-corrected chi connectivity index (χ1v) is 12.7. The van der Waals surface area contributed by atoms with Crippen LogP contribution in [0.15, 0.2) is 29.4 Å². The van der Waals surface area contributed by atoms with E-state index in [1.807, 2.05) is 4.57 Å². The summed E-state index contributed by atoms with van der Waals surface area (Å²) in [5.41, 5.74) is 1.16. The Bertz CT molecular complexity index is 1220. The van der Waals surface area contributed by atoms with Gasteiger partial charge in [0.05, 0.1) is 15.9 Å². The first-order chi connectivity index (χ1) is 14.9. The molecule has 0 spiro atoms. The highest BCUT2D eigenvalue weighted by molar-refractivity contribution is 7.92. The molecule has 164 valence electrons. The van der Waals surface area contributed by atoms with Gasteiger partial charge in [0.2, 0.25) is 5.91 Å². The summed E-state index contributed by atoms with van der Waals surface area (Å²) >= 11 is 1.34. The van der Waals surface area contributed by atoms with Gasteiger partial charge in [0.25, 0.3) is 10.0 Å². The smallest absolute Gasteiger partial charge is 0.280 e. The van der Waals surface area contributed by atoms with Crippen molar-refractivity contribution in [3.8, 4) is 0 Å². The van der Waals surface area contributed by atoms with Gasteiger partial charge >= 0.3 is 0 Å². The molecule has 9 nitrogen and oxygen atoms in total. The Kier molecular flexibility index (Phi) is 5.19. The second-order valence-electron chi connectivity index (χ2n) is 8.17. The number of nitrogens with one attached hydrogen (secondary N) is 2. The number of amides is 1. The van der Waals surface area contributed by atoms with Gasteiger partial charge in [-0.2, -0.15) is 8.42 Å². The number of carbonyl (C=O) groups is 1. The predicted molar refractivity (Wildman–Crippen MR) is 120 cm³/mol. The van der Waals surface area contributed by atoms with Crippen molar-refractivity contribution in [2.24, 2.45) is 5.92 Å². The van der Waals surface area contributed by atoms with E-state index in [0.29, 0.717) is 16.3 Å². The van der Waals surface area contributed by atoms with Crippen molar-refractivity contribution in [2.45, 2.75) is 37.3 Å². The number of nitrogens with zero attached hydrogens (tertiary/aromatic N) is 4. The van der Waals surface area contributed by atoms with Crippen molar-refractivity contribution < 1.29 is 13.2 Å². The average Bonchev–Trinajstić information content (AvgIpc) is 3.42. The van der Waals surface area contributed by atoms with Gasteiger partial charge < -0.3 is 14.8 Å². The third-order valence-corrected chi connectivity index (χ3v) is 8.06. The third kappa shape index (κ3) is 4.17. The van der Waals surface area contributed by atoms with E-state index in [-0.39, 0.29) is 16.9 Å². The molecule has 1 fully saturated rings. The van der Waals surface area contributed by atoms with E-state index in [4.69, 9.17) is 0 Å². The zero-order chi connectivity index (χ0) is 21.6. The molecule has 2 aromatic heterocycles. The quantitative estimate of drug-likeness (QED) is 0.606. The second-order valence-corrected chi connectivity index (χ2v) is 10.8. The molecule has 0 aliphatic carbocycles. The molecule has 0 radical (unpaired) electrons. The standard InChI is InChI=1S/C20H24N6O3S2/c1-25-9-6-13(7-10-25)19(27)23-20-21-15-5-4-14(11-16(15)30-20)24-31(28,29)18-12-26-8-2-3-17(26)22-18/h4-5,11-13,24H,2-3,6-10H2,1H3,(H,21,23,27). The summed E-state index contributed by atoms with van der Waals surface area (Å²) in [5, 5.41) is 3.50. The molecule has 3 aromatic rings. The first-order valence-electron chi connectivity index (χ1n) is 10.4. The zero-order valence-electron chi connectivity index (χ0n) is 17.2. The van der Waals surface area contributed by atoms with Gasteiger partial charge in [-0.1, -0.05) is 11.3 Å². The Morgan fingerprint density at radius 1 is 1.19 bits per heavy atom. The van der Waals surface area contributed by atoms with E-state index in [1.54, 1.807) is 24.4 Å². The summed E-state index contributed by atoms with van der Waals surface area (Å²) in [5.74, 6) is 0.811. The van der Waals surface area contributed by atoms with Crippen molar-refractivity contribution in [2.75, 3.05) is 30.2 Å². The van der Waals surface area contributed by atoms with E-state index in [2.05, 4.69) is 32.0 Å². The van der Waals surface area contributed by atoms with Gasteiger partial charge in [-0.15, -0.1) is 0 Å². The maximum absolute atomic E-state index is 12.7. The number of aromatic nitrogens is 3. The van der Waals surface area contributed by atoms with Gasteiger partial charge in [-0.3, -0.25) is 9.52 Å². The maximum Gasteiger partial charge on any atom is 0.280 e. The molecule has 2 aliphatic rings. The van der Waals surface area contributed by atoms with Gasteiger partial charge in [-0.25, -0.2) is 9.97 Å². The number of likely N-dealkylation sites (tertiary alicyclic amines) is 1. The van der Waals surface area contributed by atoms with Crippen LogP contribution < -0.4 is 10.0 Å². The Balaban J connectivity index is 1.30. The van der Waals surface area contributed by atoms with Crippen molar-refractivity contribution in [1.82, 2.24) is 19.4 Å². The van der Waals surface area contributed by atoms with E-state index < -0.39 is 10.0 Å². The van der Waals surface area contributed by atoms with Crippen LogP contribution in [0.1, 0.15) is 25.1 Å². The van der Waals surface area contributed by atoms with Crippen molar-refractivity contribution >= 4 is 48.3 Å². The molecule has 5 rings (SSSR count). The lowest BCUT2D eigenvalue weighted by Gasteiger charge is -2.27. The van der Waals surface area contributed by atoms with Crippen LogP contribution in [0.3, 0.4) is 0 Å². The van der Waals surface area contributed by atoms with E-state index in [0.717, 1.165) is 55.8 Å². The fraction of sp³-hybridized carbons (Fsp3) is 0.450. The average molecular weight is 461 g/mol. The number of sulfonamides is 1. The number of hydrogen-bond donors (Lipinski definition) is 2. The van der Waals surface area contributed by atoms with Crippen molar-refractivity contribution in [1.29, 1.82) is 0 Å². The minimum Gasteiger partial charge on any atom is -0.333 e.